The largest absolute Gasteiger partial charge is 0.361 e. The summed E-state index contributed by atoms with van der Waals surface area (Å²) in [5.41, 5.74) is 0. The van der Waals surface area contributed by atoms with Gasteiger partial charge in [0.05, 0.1) is 6.61 Å². The molecular formula is C9H18N2O. The smallest absolute Gasteiger partial charge is 0.112 e. The average molecular weight is 170 g/mol. The second-order valence-electron chi connectivity index (χ2n) is 4.13. The number of likely N-dealkylation sites (tertiary alicyclic amines) is 1. The van der Waals surface area contributed by atoms with Gasteiger partial charge in [0.25, 0.3) is 0 Å². The van der Waals surface area contributed by atoms with Gasteiger partial charge in [-0.25, -0.2) is 0 Å². The van der Waals surface area contributed by atoms with Gasteiger partial charge in [-0.15, -0.1) is 0 Å². The molecule has 0 aromatic heterocycles. The van der Waals surface area contributed by atoms with Gasteiger partial charge in [0.2, 0.25) is 0 Å². The summed E-state index contributed by atoms with van der Waals surface area (Å²) in [5, 5.41) is 3.47. The minimum atomic E-state index is 0.324. The van der Waals surface area contributed by atoms with E-state index in [1.165, 1.54) is 19.5 Å². The molecule has 0 spiro atoms. The predicted octanol–water partition coefficient (Wildman–Crippen LogP) is 0.272. The highest BCUT2D eigenvalue weighted by atomic mass is 16.5. The molecule has 0 aliphatic carbocycles. The van der Waals surface area contributed by atoms with Crippen LogP contribution in [0.2, 0.25) is 0 Å². The van der Waals surface area contributed by atoms with Crippen molar-refractivity contribution < 1.29 is 4.74 Å². The molecule has 0 bridgehead atoms. The van der Waals surface area contributed by atoms with Crippen molar-refractivity contribution in [3.05, 3.63) is 0 Å². The minimum absolute atomic E-state index is 0.324. The van der Waals surface area contributed by atoms with Crippen LogP contribution in [0.3, 0.4) is 0 Å². The molecule has 0 radical (unpaired) electrons. The summed E-state index contributed by atoms with van der Waals surface area (Å²) in [6.45, 7) is 5.47. The van der Waals surface area contributed by atoms with Crippen LogP contribution in [-0.4, -0.2) is 43.9 Å². The van der Waals surface area contributed by atoms with E-state index in [4.69, 9.17) is 4.74 Å². The summed E-state index contributed by atoms with van der Waals surface area (Å²) in [4.78, 5) is 2.37. The highest BCUT2D eigenvalue weighted by Gasteiger charge is 2.32. The summed E-state index contributed by atoms with van der Waals surface area (Å²) in [6.07, 6.45) is 1.60. The number of rotatable bonds is 1. The maximum atomic E-state index is 5.66. The number of hydrogen-bond acceptors (Lipinski definition) is 3. The van der Waals surface area contributed by atoms with Crippen molar-refractivity contribution in [2.45, 2.75) is 25.6 Å². The molecule has 0 aromatic carbocycles. The van der Waals surface area contributed by atoms with Crippen LogP contribution in [0.5, 0.6) is 0 Å². The van der Waals surface area contributed by atoms with Crippen molar-refractivity contribution in [1.82, 2.24) is 10.2 Å². The van der Waals surface area contributed by atoms with Gasteiger partial charge in [-0.05, 0) is 26.9 Å². The molecule has 2 rings (SSSR count). The Labute approximate surface area is 74.1 Å². The van der Waals surface area contributed by atoms with Crippen molar-refractivity contribution >= 4 is 0 Å². The van der Waals surface area contributed by atoms with Crippen molar-refractivity contribution in [2.75, 3.05) is 26.7 Å². The molecule has 12 heavy (non-hydrogen) atoms. The van der Waals surface area contributed by atoms with Crippen LogP contribution in [0.1, 0.15) is 13.3 Å². The van der Waals surface area contributed by atoms with E-state index in [2.05, 4.69) is 24.2 Å². The Morgan fingerprint density at radius 2 is 2.33 bits per heavy atom. The van der Waals surface area contributed by atoms with E-state index in [-0.39, 0.29) is 0 Å². The number of nitrogens with zero attached hydrogens (tertiary/aromatic N) is 1. The summed E-state index contributed by atoms with van der Waals surface area (Å²) >= 11 is 0. The lowest BCUT2D eigenvalue weighted by atomic mass is 10.1. The maximum Gasteiger partial charge on any atom is 0.112 e. The van der Waals surface area contributed by atoms with Crippen LogP contribution >= 0.6 is 0 Å². The molecule has 2 aliphatic rings. The van der Waals surface area contributed by atoms with E-state index in [0.717, 1.165) is 6.61 Å². The van der Waals surface area contributed by atoms with Gasteiger partial charge in [-0.2, -0.15) is 0 Å². The molecule has 0 amide bonds. The van der Waals surface area contributed by atoms with Crippen LogP contribution in [0.15, 0.2) is 0 Å². The van der Waals surface area contributed by atoms with Crippen molar-refractivity contribution in [1.29, 1.82) is 0 Å². The monoisotopic (exact) mass is 170 g/mol. The van der Waals surface area contributed by atoms with E-state index >= 15 is 0 Å². The molecule has 0 saturated carbocycles. The lowest BCUT2D eigenvalue weighted by Gasteiger charge is -2.17. The van der Waals surface area contributed by atoms with Crippen LogP contribution < -0.4 is 5.32 Å². The van der Waals surface area contributed by atoms with Crippen molar-refractivity contribution in [3.8, 4) is 0 Å². The van der Waals surface area contributed by atoms with Gasteiger partial charge in [-0.3, -0.25) is 5.32 Å². The molecule has 70 valence electrons. The zero-order valence-corrected chi connectivity index (χ0v) is 7.92. The van der Waals surface area contributed by atoms with Gasteiger partial charge in [0.1, 0.15) is 6.23 Å². The Morgan fingerprint density at radius 3 is 2.83 bits per heavy atom. The molecule has 0 aromatic rings. The van der Waals surface area contributed by atoms with Gasteiger partial charge < -0.3 is 9.64 Å². The second-order valence-corrected chi connectivity index (χ2v) is 4.13. The molecule has 3 nitrogen and oxygen atoms in total. The molecular weight excluding hydrogens is 152 g/mol. The molecule has 2 aliphatic heterocycles. The van der Waals surface area contributed by atoms with Crippen LogP contribution in [-0.2, 0) is 4.74 Å². The SMILES string of the molecule is CC1COC(C2CCN(C)C2)N1. The molecule has 3 heteroatoms. The molecule has 2 fully saturated rings. The Hall–Kier alpha value is -0.120. The fourth-order valence-corrected chi connectivity index (χ4v) is 2.11. The summed E-state index contributed by atoms with van der Waals surface area (Å²) in [6, 6.07) is 0.543. The Bertz CT molecular complexity index is 145. The fourth-order valence-electron chi connectivity index (χ4n) is 2.11. The number of ether oxygens (including phenoxy) is 1. The maximum absolute atomic E-state index is 5.66. The van der Waals surface area contributed by atoms with Gasteiger partial charge >= 0.3 is 0 Å². The van der Waals surface area contributed by atoms with E-state index < -0.39 is 0 Å². The van der Waals surface area contributed by atoms with Crippen LogP contribution in [0.25, 0.3) is 0 Å². The van der Waals surface area contributed by atoms with Crippen molar-refractivity contribution in [3.63, 3.8) is 0 Å². The zero-order chi connectivity index (χ0) is 8.55. The van der Waals surface area contributed by atoms with E-state index in [9.17, 15) is 0 Å². The Morgan fingerprint density at radius 1 is 1.50 bits per heavy atom. The molecule has 2 heterocycles. The predicted molar refractivity (Wildman–Crippen MR) is 47.9 cm³/mol. The van der Waals surface area contributed by atoms with Gasteiger partial charge in [0.15, 0.2) is 0 Å². The summed E-state index contributed by atoms with van der Waals surface area (Å²) < 4.78 is 5.66. The first-order valence-corrected chi connectivity index (χ1v) is 4.82. The van der Waals surface area contributed by atoms with Crippen LogP contribution in [0, 0.1) is 5.92 Å². The zero-order valence-electron chi connectivity index (χ0n) is 7.92. The number of hydrogen-bond donors (Lipinski definition) is 1. The quantitative estimate of drug-likeness (QED) is 0.611. The highest BCUT2D eigenvalue weighted by molar-refractivity contribution is 4.83. The molecule has 2 saturated heterocycles. The third kappa shape index (κ3) is 1.63. The minimum Gasteiger partial charge on any atom is -0.361 e. The normalized spacial score (nSPS) is 44.0. The molecule has 3 unspecified atom stereocenters. The second kappa shape index (κ2) is 3.32. The van der Waals surface area contributed by atoms with Crippen LogP contribution in [0.4, 0.5) is 0 Å². The third-order valence-electron chi connectivity index (χ3n) is 2.83. The van der Waals surface area contributed by atoms with Gasteiger partial charge in [0, 0.05) is 18.5 Å². The molecule has 1 N–H and O–H groups in total. The van der Waals surface area contributed by atoms with E-state index in [0.29, 0.717) is 18.2 Å². The first kappa shape index (κ1) is 8.48. The highest BCUT2D eigenvalue weighted by Crippen LogP contribution is 2.21. The van der Waals surface area contributed by atoms with E-state index in [1.807, 2.05) is 0 Å². The van der Waals surface area contributed by atoms with Crippen molar-refractivity contribution in [2.24, 2.45) is 5.92 Å². The third-order valence-corrected chi connectivity index (χ3v) is 2.83. The lowest BCUT2D eigenvalue weighted by molar-refractivity contribution is 0.0554. The topological polar surface area (TPSA) is 24.5 Å². The Kier molecular flexibility index (Phi) is 2.35. The number of nitrogens with one attached hydrogen (secondary N) is 1. The molecule has 3 atom stereocenters. The summed E-state index contributed by atoms with van der Waals surface area (Å²) in [7, 11) is 2.18. The first-order chi connectivity index (χ1) is 5.75. The Balaban J connectivity index is 1.85. The average Bonchev–Trinajstić information content (AvgIpc) is 2.58. The lowest BCUT2D eigenvalue weighted by Crippen LogP contribution is -2.35. The fraction of sp³-hybridized carbons (Fsp3) is 1.00. The van der Waals surface area contributed by atoms with Gasteiger partial charge in [-0.1, -0.05) is 0 Å². The first-order valence-electron chi connectivity index (χ1n) is 4.82. The summed E-state index contributed by atoms with van der Waals surface area (Å²) in [5.74, 6) is 0.708. The standard InChI is InChI=1S/C9H18N2O/c1-7-6-12-9(10-7)8-3-4-11(2)5-8/h7-10H,3-6H2,1-2H3. The van der Waals surface area contributed by atoms with E-state index in [1.54, 1.807) is 0 Å².